The zero-order valence-electron chi connectivity index (χ0n) is 15.8. The summed E-state index contributed by atoms with van der Waals surface area (Å²) in [5.41, 5.74) is 0.000498. The fourth-order valence-corrected chi connectivity index (χ4v) is 3.06. The van der Waals surface area contributed by atoms with Gasteiger partial charge in [0.15, 0.2) is 0 Å². The van der Waals surface area contributed by atoms with E-state index in [9.17, 15) is 9.59 Å². The molecule has 3 amide bonds. The van der Waals surface area contributed by atoms with E-state index in [0.717, 1.165) is 5.75 Å². The van der Waals surface area contributed by atoms with Gasteiger partial charge in [0, 0.05) is 6.54 Å². The van der Waals surface area contributed by atoms with Gasteiger partial charge in [0.1, 0.15) is 17.0 Å². The molecule has 7 heteroatoms. The van der Waals surface area contributed by atoms with E-state index in [-0.39, 0.29) is 12.5 Å². The Morgan fingerprint density at radius 1 is 1.07 bits per heavy atom. The smallest absolute Gasteiger partial charge is 0.325 e. The van der Waals surface area contributed by atoms with Crippen LogP contribution in [0.3, 0.4) is 0 Å². The minimum absolute atomic E-state index is 0.257. The molecule has 0 aromatic heterocycles. The average Bonchev–Trinajstić information content (AvgIpc) is 2.95. The second kappa shape index (κ2) is 8.01. The lowest BCUT2D eigenvalue weighted by atomic mass is 9.91. The minimum Gasteiger partial charge on any atom is -0.497 e. The first kappa shape index (κ1) is 19.2. The zero-order valence-corrected chi connectivity index (χ0v) is 15.8. The normalized spacial score (nSPS) is 18.5. The van der Waals surface area contributed by atoms with Crippen molar-refractivity contribution in [1.82, 2.24) is 10.2 Å². The first-order valence-electron chi connectivity index (χ1n) is 8.89. The van der Waals surface area contributed by atoms with E-state index in [2.05, 4.69) is 5.32 Å². The Balaban J connectivity index is 1.57. The van der Waals surface area contributed by atoms with Gasteiger partial charge in [0.25, 0.3) is 5.91 Å². The van der Waals surface area contributed by atoms with Crippen LogP contribution in [0.25, 0.3) is 0 Å². The van der Waals surface area contributed by atoms with E-state index in [1.807, 2.05) is 6.07 Å². The van der Waals surface area contributed by atoms with E-state index < -0.39 is 11.6 Å². The highest BCUT2D eigenvalue weighted by atomic mass is 16.5. The zero-order chi connectivity index (χ0) is 20.1. The predicted molar refractivity (Wildman–Crippen MR) is 102 cm³/mol. The lowest BCUT2D eigenvalue weighted by molar-refractivity contribution is -0.131. The molecule has 0 saturated carbocycles. The van der Waals surface area contributed by atoms with E-state index in [0.29, 0.717) is 29.9 Å². The fraction of sp³-hybridized carbons (Fsp3) is 0.286. The summed E-state index contributed by atoms with van der Waals surface area (Å²) in [5.74, 6) is 1.13. The molecule has 28 heavy (non-hydrogen) atoms. The van der Waals surface area contributed by atoms with Crippen LogP contribution in [0.15, 0.2) is 48.5 Å². The van der Waals surface area contributed by atoms with E-state index in [1.54, 1.807) is 62.6 Å². The van der Waals surface area contributed by atoms with Crippen molar-refractivity contribution in [3.05, 3.63) is 59.7 Å². The molecule has 3 rings (SSSR count). The summed E-state index contributed by atoms with van der Waals surface area (Å²) in [5, 5.41) is 11.7. The van der Waals surface area contributed by atoms with Gasteiger partial charge in [-0.05, 0) is 55.3 Å². The van der Waals surface area contributed by atoms with Crippen LogP contribution in [0.1, 0.15) is 24.5 Å². The van der Waals surface area contributed by atoms with Crippen LogP contribution in [0.5, 0.6) is 11.5 Å². The largest absolute Gasteiger partial charge is 0.497 e. The van der Waals surface area contributed by atoms with Crippen LogP contribution in [-0.4, -0.2) is 37.1 Å². The third-order valence-corrected chi connectivity index (χ3v) is 4.72. The molecule has 1 saturated heterocycles. The number of rotatable bonds is 7. The van der Waals surface area contributed by atoms with Gasteiger partial charge in [-0.1, -0.05) is 12.1 Å². The number of nitrogens with zero attached hydrogens (tertiary/aromatic N) is 2. The third kappa shape index (κ3) is 3.76. The first-order chi connectivity index (χ1) is 13.5. The number of benzene rings is 2. The van der Waals surface area contributed by atoms with Crippen LogP contribution in [0, 0.1) is 11.3 Å². The second-order valence-electron chi connectivity index (χ2n) is 6.58. The van der Waals surface area contributed by atoms with Crippen molar-refractivity contribution < 1.29 is 19.1 Å². The third-order valence-electron chi connectivity index (χ3n) is 4.72. The number of urea groups is 1. The van der Waals surface area contributed by atoms with Crippen molar-refractivity contribution in [2.75, 3.05) is 20.3 Å². The summed E-state index contributed by atoms with van der Waals surface area (Å²) >= 11 is 0. The number of nitrogens with one attached hydrogen (secondary N) is 1. The van der Waals surface area contributed by atoms with Crippen molar-refractivity contribution in [3.63, 3.8) is 0 Å². The highest BCUT2D eigenvalue weighted by molar-refractivity contribution is 6.07. The van der Waals surface area contributed by atoms with E-state index in [1.165, 1.54) is 4.90 Å². The maximum Gasteiger partial charge on any atom is 0.325 e. The Bertz CT molecular complexity index is 903. The van der Waals surface area contributed by atoms with Crippen molar-refractivity contribution in [1.29, 1.82) is 5.26 Å². The summed E-state index contributed by atoms with van der Waals surface area (Å²) in [6.07, 6.45) is 0.509. The topological polar surface area (TPSA) is 91.7 Å². The van der Waals surface area contributed by atoms with Crippen LogP contribution >= 0.6 is 0 Å². The summed E-state index contributed by atoms with van der Waals surface area (Å²) in [6, 6.07) is 15.4. The molecule has 0 aliphatic carbocycles. The molecule has 0 radical (unpaired) electrons. The van der Waals surface area contributed by atoms with Crippen molar-refractivity contribution >= 4 is 11.9 Å². The maximum absolute atomic E-state index is 12.9. The summed E-state index contributed by atoms with van der Waals surface area (Å²) in [6.45, 7) is 2.30. The molecule has 1 aliphatic heterocycles. The van der Waals surface area contributed by atoms with Gasteiger partial charge in [-0.15, -0.1) is 0 Å². The molecular formula is C21H21N3O4. The Hall–Kier alpha value is -3.53. The molecule has 2 aromatic carbocycles. The lowest BCUT2D eigenvalue weighted by Gasteiger charge is -2.22. The SMILES string of the molecule is COc1ccc(OCCCN2C(=O)NC(C)(c3ccc(C#N)cc3)C2=O)cc1. The molecule has 1 unspecified atom stereocenters. The molecule has 0 spiro atoms. The van der Waals surface area contributed by atoms with Crippen molar-refractivity contribution in [3.8, 4) is 17.6 Å². The van der Waals surface area contributed by atoms with Crippen molar-refractivity contribution in [2.24, 2.45) is 0 Å². The average molecular weight is 379 g/mol. The van der Waals surface area contributed by atoms with Gasteiger partial charge in [-0.25, -0.2) is 4.79 Å². The van der Waals surface area contributed by atoms with Gasteiger partial charge < -0.3 is 14.8 Å². The van der Waals surface area contributed by atoms with Crippen LogP contribution in [0.4, 0.5) is 4.79 Å². The van der Waals surface area contributed by atoms with E-state index in [4.69, 9.17) is 14.7 Å². The highest BCUT2D eigenvalue weighted by Crippen LogP contribution is 2.29. The number of hydrogen-bond acceptors (Lipinski definition) is 5. The first-order valence-corrected chi connectivity index (χ1v) is 8.89. The van der Waals surface area contributed by atoms with E-state index >= 15 is 0 Å². The minimum atomic E-state index is -1.14. The number of carbonyl (C=O) groups excluding carboxylic acids is 2. The number of ether oxygens (including phenoxy) is 2. The number of hydrogen-bond donors (Lipinski definition) is 1. The van der Waals surface area contributed by atoms with Gasteiger partial charge in [0.2, 0.25) is 0 Å². The number of amides is 3. The van der Waals surface area contributed by atoms with Crippen molar-refractivity contribution in [2.45, 2.75) is 18.9 Å². The molecule has 1 fully saturated rings. The Kier molecular flexibility index (Phi) is 5.50. The van der Waals surface area contributed by atoms with Gasteiger partial charge >= 0.3 is 6.03 Å². The number of methoxy groups -OCH3 is 1. The standard InChI is InChI=1S/C21H21N3O4/c1-21(16-6-4-15(14-22)5-7-16)19(25)24(20(26)23-21)12-3-13-28-18-10-8-17(27-2)9-11-18/h4-11H,3,12-13H2,1-2H3,(H,23,26). The number of imide groups is 1. The predicted octanol–water partition coefficient (Wildman–Crippen LogP) is 2.80. The molecule has 2 aromatic rings. The molecule has 7 nitrogen and oxygen atoms in total. The monoisotopic (exact) mass is 379 g/mol. The Morgan fingerprint density at radius 2 is 1.71 bits per heavy atom. The fourth-order valence-electron chi connectivity index (χ4n) is 3.06. The molecule has 1 aliphatic rings. The molecular weight excluding hydrogens is 358 g/mol. The summed E-state index contributed by atoms with van der Waals surface area (Å²) in [7, 11) is 1.60. The highest BCUT2D eigenvalue weighted by Gasteiger charge is 2.48. The summed E-state index contributed by atoms with van der Waals surface area (Å²) < 4.78 is 10.7. The van der Waals surface area contributed by atoms with Gasteiger partial charge in [0.05, 0.1) is 25.3 Å². The Labute approximate surface area is 163 Å². The molecule has 144 valence electrons. The molecule has 1 N–H and O–H groups in total. The van der Waals surface area contributed by atoms with Crippen LogP contribution in [0.2, 0.25) is 0 Å². The number of carbonyl (C=O) groups is 2. The molecule has 1 heterocycles. The van der Waals surface area contributed by atoms with Gasteiger partial charge in [-0.2, -0.15) is 5.26 Å². The van der Waals surface area contributed by atoms with Gasteiger partial charge in [-0.3, -0.25) is 9.69 Å². The molecule has 1 atom stereocenters. The summed E-state index contributed by atoms with van der Waals surface area (Å²) in [4.78, 5) is 26.4. The lowest BCUT2D eigenvalue weighted by Crippen LogP contribution is -2.41. The molecule has 0 bridgehead atoms. The Morgan fingerprint density at radius 3 is 2.32 bits per heavy atom. The second-order valence-corrected chi connectivity index (χ2v) is 6.58. The van der Waals surface area contributed by atoms with Crippen LogP contribution < -0.4 is 14.8 Å². The number of nitriles is 1. The maximum atomic E-state index is 12.9. The quantitative estimate of drug-likeness (QED) is 0.590. The van der Waals surface area contributed by atoms with Crippen LogP contribution in [-0.2, 0) is 10.3 Å².